The highest BCUT2D eigenvalue weighted by atomic mass is 16.3. The molecule has 0 radical (unpaired) electrons. The molecule has 0 heterocycles. The van der Waals surface area contributed by atoms with Crippen molar-refractivity contribution >= 4 is 5.78 Å². The summed E-state index contributed by atoms with van der Waals surface area (Å²) in [5.41, 5.74) is 2.60. The van der Waals surface area contributed by atoms with Gasteiger partial charge in [-0.15, -0.1) is 0 Å². The van der Waals surface area contributed by atoms with Gasteiger partial charge in [-0.25, -0.2) is 0 Å². The van der Waals surface area contributed by atoms with Crippen molar-refractivity contribution in [3.8, 4) is 0 Å². The minimum absolute atomic E-state index is 0.0313. The van der Waals surface area contributed by atoms with E-state index in [1.807, 2.05) is 6.08 Å². The number of carbonyl (C=O) groups is 1. The summed E-state index contributed by atoms with van der Waals surface area (Å²) in [6.07, 6.45) is 11.6. The monoisotopic (exact) mass is 328 g/mol. The molecule has 0 aromatic heterocycles. The summed E-state index contributed by atoms with van der Waals surface area (Å²) in [5, 5.41) is 11.2. The van der Waals surface area contributed by atoms with Gasteiger partial charge in [-0.1, -0.05) is 44.9 Å². The maximum atomic E-state index is 12.2. The van der Waals surface area contributed by atoms with Crippen molar-refractivity contribution in [1.29, 1.82) is 0 Å². The van der Waals surface area contributed by atoms with E-state index < -0.39 is 5.60 Å². The molecule has 24 heavy (non-hydrogen) atoms. The molecular weight excluding hydrogens is 296 g/mol. The number of fused-ring (bicyclic) bond motifs is 5. The molecule has 0 aliphatic heterocycles. The largest absolute Gasteiger partial charge is 0.389 e. The van der Waals surface area contributed by atoms with Crippen molar-refractivity contribution in [1.82, 2.24) is 0 Å². The Morgan fingerprint density at radius 3 is 2.75 bits per heavy atom. The third-order valence-corrected chi connectivity index (χ3v) is 8.55. The summed E-state index contributed by atoms with van der Waals surface area (Å²) < 4.78 is 0. The Labute approximate surface area is 146 Å². The van der Waals surface area contributed by atoms with Crippen LogP contribution < -0.4 is 0 Å². The summed E-state index contributed by atoms with van der Waals surface area (Å²) in [5.74, 6) is 1.67. The normalized spacial score (nSPS) is 50.5. The standard InChI is InChI=1S/C22H32O2/c1-5-22(24)11-9-18-16-7-6-15-12-19(23)14(2)13-20(15,3)17(16)8-10-21(18,22)4/h8,12,14,16,18,24H,5-7,9-11,13H2,1-4H3/t14?,16-,18+,20+,21+,22-/m1/s1. The van der Waals surface area contributed by atoms with E-state index in [-0.39, 0.29) is 16.7 Å². The van der Waals surface area contributed by atoms with Crippen LogP contribution in [0.25, 0.3) is 0 Å². The molecule has 6 atom stereocenters. The molecule has 0 bridgehead atoms. The van der Waals surface area contributed by atoms with E-state index in [2.05, 4.69) is 33.8 Å². The fourth-order valence-electron chi connectivity index (χ4n) is 6.87. The Kier molecular flexibility index (Phi) is 3.50. The lowest BCUT2D eigenvalue weighted by atomic mass is 9.50. The van der Waals surface area contributed by atoms with Crippen molar-refractivity contribution in [2.45, 2.75) is 78.2 Å². The Balaban J connectivity index is 1.77. The second-order valence-electron chi connectivity index (χ2n) is 9.47. The molecule has 1 unspecified atom stereocenters. The van der Waals surface area contributed by atoms with Gasteiger partial charge < -0.3 is 5.11 Å². The average molecular weight is 328 g/mol. The number of carbonyl (C=O) groups excluding carboxylic acids is 1. The van der Waals surface area contributed by atoms with Crippen LogP contribution in [0.4, 0.5) is 0 Å². The molecule has 4 rings (SSSR count). The first-order valence-corrected chi connectivity index (χ1v) is 9.93. The minimum Gasteiger partial charge on any atom is -0.389 e. The van der Waals surface area contributed by atoms with E-state index in [4.69, 9.17) is 0 Å². The first-order chi connectivity index (χ1) is 11.2. The zero-order chi connectivity index (χ0) is 17.3. The smallest absolute Gasteiger partial charge is 0.158 e. The number of aliphatic hydroxyl groups is 1. The van der Waals surface area contributed by atoms with Gasteiger partial charge in [0.1, 0.15) is 0 Å². The zero-order valence-corrected chi connectivity index (χ0v) is 15.7. The molecule has 2 heteroatoms. The van der Waals surface area contributed by atoms with Crippen LogP contribution in [0.15, 0.2) is 23.3 Å². The Morgan fingerprint density at radius 2 is 2.04 bits per heavy atom. The van der Waals surface area contributed by atoms with Crippen molar-refractivity contribution in [2.75, 3.05) is 0 Å². The van der Waals surface area contributed by atoms with Crippen molar-refractivity contribution in [3.05, 3.63) is 23.3 Å². The number of hydrogen-bond acceptors (Lipinski definition) is 2. The first-order valence-electron chi connectivity index (χ1n) is 9.93. The van der Waals surface area contributed by atoms with Crippen LogP contribution in [0.1, 0.15) is 72.6 Å². The van der Waals surface area contributed by atoms with Gasteiger partial charge in [0.2, 0.25) is 0 Å². The summed E-state index contributed by atoms with van der Waals surface area (Å²) in [4.78, 5) is 12.2. The molecule has 0 aromatic rings. The Bertz CT molecular complexity index is 644. The lowest BCUT2D eigenvalue weighted by Gasteiger charge is -2.55. The molecule has 1 N–H and O–H groups in total. The molecule has 2 saturated carbocycles. The molecule has 4 aliphatic rings. The lowest BCUT2D eigenvalue weighted by molar-refractivity contribution is -0.119. The van der Waals surface area contributed by atoms with Crippen molar-refractivity contribution in [3.63, 3.8) is 0 Å². The van der Waals surface area contributed by atoms with Gasteiger partial charge >= 0.3 is 0 Å². The molecule has 2 fully saturated rings. The quantitative estimate of drug-likeness (QED) is 0.700. The second-order valence-corrected chi connectivity index (χ2v) is 9.47. The van der Waals surface area contributed by atoms with Crippen LogP contribution in [0.5, 0.6) is 0 Å². The van der Waals surface area contributed by atoms with Gasteiger partial charge in [0.25, 0.3) is 0 Å². The first kappa shape index (κ1) is 16.6. The molecule has 4 aliphatic carbocycles. The topological polar surface area (TPSA) is 37.3 Å². The molecule has 2 nitrogen and oxygen atoms in total. The summed E-state index contributed by atoms with van der Waals surface area (Å²) >= 11 is 0. The van der Waals surface area contributed by atoms with Crippen molar-refractivity contribution in [2.24, 2.45) is 28.6 Å². The fraction of sp³-hybridized carbons (Fsp3) is 0.773. The highest BCUT2D eigenvalue weighted by Crippen LogP contribution is 2.66. The van der Waals surface area contributed by atoms with E-state index in [0.29, 0.717) is 17.6 Å². The summed E-state index contributed by atoms with van der Waals surface area (Å²) in [6, 6.07) is 0. The van der Waals surface area contributed by atoms with Gasteiger partial charge in [0, 0.05) is 16.7 Å². The number of rotatable bonds is 1. The van der Waals surface area contributed by atoms with E-state index >= 15 is 0 Å². The van der Waals surface area contributed by atoms with E-state index in [1.165, 1.54) is 5.57 Å². The highest BCUT2D eigenvalue weighted by Gasteiger charge is 2.61. The van der Waals surface area contributed by atoms with Crippen LogP contribution >= 0.6 is 0 Å². The second kappa shape index (κ2) is 5.06. The minimum atomic E-state index is -0.494. The molecule has 0 amide bonds. The SMILES string of the molecule is CC[C@@]1(O)CC[C@H]2[C@@H]3CCC4=CC(=O)C(C)C[C@]4(C)C3=CC[C@@]21C. The summed E-state index contributed by atoms with van der Waals surface area (Å²) in [7, 11) is 0. The van der Waals surface area contributed by atoms with Crippen LogP contribution in [0, 0.1) is 28.6 Å². The van der Waals surface area contributed by atoms with Crippen molar-refractivity contribution < 1.29 is 9.90 Å². The number of allylic oxidation sites excluding steroid dienone is 4. The van der Waals surface area contributed by atoms with Crippen LogP contribution in [-0.2, 0) is 4.79 Å². The van der Waals surface area contributed by atoms with Gasteiger partial charge in [0.05, 0.1) is 5.60 Å². The highest BCUT2D eigenvalue weighted by molar-refractivity contribution is 5.93. The van der Waals surface area contributed by atoms with E-state index in [0.717, 1.165) is 44.9 Å². The van der Waals surface area contributed by atoms with Gasteiger partial charge in [0.15, 0.2) is 5.78 Å². The molecular formula is C22H32O2. The molecule has 132 valence electrons. The van der Waals surface area contributed by atoms with Gasteiger partial charge in [-0.2, -0.15) is 0 Å². The predicted octanol–water partition coefficient (Wildman–Crippen LogP) is 4.83. The van der Waals surface area contributed by atoms with Crippen LogP contribution in [-0.4, -0.2) is 16.5 Å². The molecule has 0 spiro atoms. The lowest BCUT2D eigenvalue weighted by Crippen LogP contribution is -2.50. The summed E-state index contributed by atoms with van der Waals surface area (Å²) in [6.45, 7) is 8.94. The van der Waals surface area contributed by atoms with Gasteiger partial charge in [-0.3, -0.25) is 4.79 Å². The number of ketones is 1. The fourth-order valence-corrected chi connectivity index (χ4v) is 6.87. The van der Waals surface area contributed by atoms with E-state index in [9.17, 15) is 9.90 Å². The van der Waals surface area contributed by atoms with Crippen LogP contribution in [0.3, 0.4) is 0 Å². The zero-order valence-electron chi connectivity index (χ0n) is 15.7. The third kappa shape index (κ3) is 1.90. The Morgan fingerprint density at radius 1 is 1.29 bits per heavy atom. The maximum Gasteiger partial charge on any atom is 0.158 e. The molecule has 0 saturated heterocycles. The van der Waals surface area contributed by atoms with E-state index in [1.54, 1.807) is 5.57 Å². The maximum absolute atomic E-state index is 12.2. The third-order valence-electron chi connectivity index (χ3n) is 8.55. The van der Waals surface area contributed by atoms with Crippen LogP contribution in [0.2, 0.25) is 0 Å². The Hall–Kier alpha value is -0.890. The average Bonchev–Trinajstić information content (AvgIpc) is 2.81. The molecule has 0 aromatic carbocycles. The number of hydrogen-bond donors (Lipinski definition) is 1. The van der Waals surface area contributed by atoms with Gasteiger partial charge in [-0.05, 0) is 62.9 Å². The predicted molar refractivity (Wildman–Crippen MR) is 96.5 cm³/mol.